The standard InChI is InChI=1S/C14H23BrN2O.2ClH/c1-2-3-4-5-12(13-6-7-14(15)18-13)17-10-8-16-9-11-17;;/h6-7,12,16H,2-5,8-11H2,1H3;2*1H/t12-;;/m0../s1. The summed E-state index contributed by atoms with van der Waals surface area (Å²) in [6.45, 7) is 6.67. The van der Waals surface area contributed by atoms with Crippen molar-refractivity contribution in [3.05, 3.63) is 22.6 Å². The number of hydrogen-bond donors (Lipinski definition) is 1. The zero-order chi connectivity index (χ0) is 12.8. The zero-order valence-corrected chi connectivity index (χ0v) is 15.2. The first-order valence-electron chi connectivity index (χ1n) is 7.01. The molecule has 1 aromatic rings. The molecule has 6 heteroatoms. The molecule has 118 valence electrons. The molecule has 0 spiro atoms. The topological polar surface area (TPSA) is 28.4 Å². The number of nitrogens with one attached hydrogen (secondary N) is 1. The van der Waals surface area contributed by atoms with E-state index in [9.17, 15) is 0 Å². The molecule has 20 heavy (non-hydrogen) atoms. The van der Waals surface area contributed by atoms with E-state index in [4.69, 9.17) is 4.42 Å². The van der Waals surface area contributed by atoms with Gasteiger partial charge in [-0.05, 0) is 34.5 Å². The molecule has 3 nitrogen and oxygen atoms in total. The van der Waals surface area contributed by atoms with Crippen LogP contribution in [0.2, 0.25) is 0 Å². The van der Waals surface area contributed by atoms with Gasteiger partial charge in [-0.1, -0.05) is 26.2 Å². The van der Waals surface area contributed by atoms with Crippen LogP contribution < -0.4 is 5.32 Å². The lowest BCUT2D eigenvalue weighted by atomic mass is 10.0. The fraction of sp³-hybridized carbons (Fsp3) is 0.714. The highest BCUT2D eigenvalue weighted by molar-refractivity contribution is 9.10. The second-order valence-corrected chi connectivity index (χ2v) is 5.72. The molecule has 0 saturated carbocycles. The van der Waals surface area contributed by atoms with Gasteiger partial charge in [0.2, 0.25) is 0 Å². The van der Waals surface area contributed by atoms with Crippen molar-refractivity contribution in [2.24, 2.45) is 0 Å². The molecule has 1 N–H and O–H groups in total. The molecule has 1 aromatic heterocycles. The van der Waals surface area contributed by atoms with Gasteiger partial charge >= 0.3 is 0 Å². The van der Waals surface area contributed by atoms with Gasteiger partial charge in [-0.3, -0.25) is 4.90 Å². The third kappa shape index (κ3) is 5.94. The molecule has 1 aliphatic rings. The monoisotopic (exact) mass is 386 g/mol. The average Bonchev–Trinajstić information content (AvgIpc) is 2.82. The summed E-state index contributed by atoms with van der Waals surface area (Å²) in [5.74, 6) is 1.11. The maximum atomic E-state index is 5.78. The molecule has 0 unspecified atom stereocenters. The highest BCUT2D eigenvalue weighted by atomic mass is 79.9. The molecule has 0 aliphatic carbocycles. The van der Waals surface area contributed by atoms with E-state index in [1.807, 2.05) is 6.07 Å². The first kappa shape index (κ1) is 20.3. The largest absolute Gasteiger partial charge is 0.453 e. The first-order valence-corrected chi connectivity index (χ1v) is 7.80. The highest BCUT2D eigenvalue weighted by Crippen LogP contribution is 2.29. The first-order chi connectivity index (χ1) is 8.81. The average molecular weight is 388 g/mol. The minimum absolute atomic E-state index is 0. The summed E-state index contributed by atoms with van der Waals surface area (Å²) in [5, 5.41) is 3.41. The number of halogens is 3. The van der Waals surface area contributed by atoms with E-state index in [1.165, 1.54) is 25.7 Å². The van der Waals surface area contributed by atoms with Crippen molar-refractivity contribution in [2.45, 2.75) is 38.6 Å². The van der Waals surface area contributed by atoms with Gasteiger partial charge in [0.05, 0.1) is 6.04 Å². The summed E-state index contributed by atoms with van der Waals surface area (Å²) in [6.07, 6.45) is 5.07. The van der Waals surface area contributed by atoms with Crippen LogP contribution in [0.4, 0.5) is 0 Å². The predicted molar refractivity (Wildman–Crippen MR) is 92.2 cm³/mol. The summed E-state index contributed by atoms with van der Waals surface area (Å²) < 4.78 is 6.63. The van der Waals surface area contributed by atoms with Crippen LogP contribution in [0.1, 0.15) is 44.4 Å². The summed E-state index contributed by atoms with van der Waals surface area (Å²) in [6, 6.07) is 4.57. The van der Waals surface area contributed by atoms with E-state index in [0.29, 0.717) is 6.04 Å². The summed E-state index contributed by atoms with van der Waals surface area (Å²) in [4.78, 5) is 2.55. The normalized spacial score (nSPS) is 17.1. The lowest BCUT2D eigenvalue weighted by Crippen LogP contribution is -2.45. The SMILES string of the molecule is CCCCC[C@@H](c1ccc(Br)o1)N1CCNCC1.Cl.Cl. The number of hydrogen-bond acceptors (Lipinski definition) is 3. The van der Waals surface area contributed by atoms with Crippen molar-refractivity contribution in [1.29, 1.82) is 0 Å². The minimum Gasteiger partial charge on any atom is -0.453 e. The van der Waals surface area contributed by atoms with Gasteiger partial charge in [-0.2, -0.15) is 0 Å². The number of unbranched alkanes of at least 4 members (excludes halogenated alkanes) is 2. The molecular weight excluding hydrogens is 363 g/mol. The van der Waals surface area contributed by atoms with Crippen molar-refractivity contribution in [2.75, 3.05) is 26.2 Å². The van der Waals surface area contributed by atoms with Gasteiger partial charge in [0.25, 0.3) is 0 Å². The smallest absolute Gasteiger partial charge is 0.169 e. The van der Waals surface area contributed by atoms with Crippen molar-refractivity contribution in [3.63, 3.8) is 0 Å². The van der Waals surface area contributed by atoms with Gasteiger partial charge < -0.3 is 9.73 Å². The molecular formula is C14H25BrCl2N2O. The molecule has 0 aromatic carbocycles. The number of rotatable bonds is 6. The van der Waals surface area contributed by atoms with E-state index in [1.54, 1.807) is 0 Å². The Kier molecular flexibility index (Phi) is 11.1. The fourth-order valence-electron chi connectivity index (χ4n) is 2.59. The van der Waals surface area contributed by atoms with Gasteiger partial charge in [0.15, 0.2) is 4.67 Å². The van der Waals surface area contributed by atoms with E-state index in [-0.39, 0.29) is 24.8 Å². The molecule has 1 saturated heterocycles. The van der Waals surface area contributed by atoms with Crippen molar-refractivity contribution in [3.8, 4) is 0 Å². The Morgan fingerprint density at radius 1 is 1.25 bits per heavy atom. The molecule has 2 rings (SSSR count). The number of furan rings is 1. The Bertz CT molecular complexity index is 357. The van der Waals surface area contributed by atoms with E-state index in [0.717, 1.165) is 36.6 Å². The Morgan fingerprint density at radius 3 is 2.50 bits per heavy atom. The van der Waals surface area contributed by atoms with Gasteiger partial charge in [0, 0.05) is 26.2 Å². The fourth-order valence-corrected chi connectivity index (χ4v) is 2.91. The summed E-state index contributed by atoms with van der Waals surface area (Å²) >= 11 is 3.41. The summed E-state index contributed by atoms with van der Waals surface area (Å²) in [5.41, 5.74) is 0. The van der Waals surface area contributed by atoms with Gasteiger partial charge in [-0.25, -0.2) is 0 Å². The second kappa shape index (κ2) is 10.9. The zero-order valence-electron chi connectivity index (χ0n) is 11.9. The third-order valence-electron chi connectivity index (χ3n) is 3.60. The summed E-state index contributed by atoms with van der Waals surface area (Å²) in [7, 11) is 0. The molecule has 0 amide bonds. The Balaban J connectivity index is 0.00000180. The van der Waals surface area contributed by atoms with Gasteiger partial charge in [-0.15, -0.1) is 24.8 Å². The highest BCUT2D eigenvalue weighted by Gasteiger charge is 2.24. The van der Waals surface area contributed by atoms with Crippen LogP contribution in [0.15, 0.2) is 21.2 Å². The molecule has 2 heterocycles. The lowest BCUT2D eigenvalue weighted by Gasteiger charge is -2.33. The molecule has 0 radical (unpaired) electrons. The van der Waals surface area contributed by atoms with E-state index >= 15 is 0 Å². The van der Waals surface area contributed by atoms with Crippen LogP contribution in [-0.4, -0.2) is 31.1 Å². The molecule has 1 aliphatic heterocycles. The predicted octanol–water partition coefficient (Wildman–Crippen LogP) is 4.41. The Hall–Kier alpha value is 0.260. The van der Waals surface area contributed by atoms with Crippen LogP contribution in [-0.2, 0) is 0 Å². The Labute approximate surface area is 142 Å². The number of piperazine rings is 1. The lowest BCUT2D eigenvalue weighted by molar-refractivity contribution is 0.143. The van der Waals surface area contributed by atoms with Crippen LogP contribution in [0, 0.1) is 0 Å². The van der Waals surface area contributed by atoms with E-state index in [2.05, 4.69) is 39.1 Å². The molecule has 1 fully saturated rings. The second-order valence-electron chi connectivity index (χ2n) is 4.94. The Morgan fingerprint density at radius 2 is 1.95 bits per heavy atom. The van der Waals surface area contributed by atoms with Crippen molar-refractivity contribution < 1.29 is 4.42 Å². The van der Waals surface area contributed by atoms with Crippen molar-refractivity contribution in [1.82, 2.24) is 10.2 Å². The third-order valence-corrected chi connectivity index (χ3v) is 4.02. The number of nitrogens with zero attached hydrogens (tertiary/aromatic N) is 1. The van der Waals surface area contributed by atoms with Crippen LogP contribution in [0.3, 0.4) is 0 Å². The van der Waals surface area contributed by atoms with Crippen LogP contribution in [0.25, 0.3) is 0 Å². The quantitative estimate of drug-likeness (QED) is 0.732. The molecule has 0 bridgehead atoms. The van der Waals surface area contributed by atoms with Crippen molar-refractivity contribution >= 4 is 40.7 Å². The van der Waals surface area contributed by atoms with Gasteiger partial charge in [0.1, 0.15) is 5.76 Å². The maximum absolute atomic E-state index is 5.78. The van der Waals surface area contributed by atoms with Crippen LogP contribution >= 0.6 is 40.7 Å². The minimum atomic E-state index is 0. The van der Waals surface area contributed by atoms with Crippen LogP contribution in [0.5, 0.6) is 0 Å². The van der Waals surface area contributed by atoms with E-state index < -0.39 is 0 Å². The molecule has 1 atom stereocenters. The maximum Gasteiger partial charge on any atom is 0.169 e.